The van der Waals surface area contributed by atoms with Gasteiger partial charge in [-0.2, -0.15) is 0 Å². The predicted molar refractivity (Wildman–Crippen MR) is 102 cm³/mol. The van der Waals surface area contributed by atoms with Gasteiger partial charge in [-0.15, -0.1) is 0 Å². The Morgan fingerprint density at radius 1 is 1.12 bits per heavy atom. The van der Waals surface area contributed by atoms with Gasteiger partial charge in [0, 0.05) is 30.2 Å². The number of aromatic nitrogens is 2. The fourth-order valence-electron chi connectivity index (χ4n) is 2.21. The molecule has 5 nitrogen and oxygen atoms in total. The summed E-state index contributed by atoms with van der Waals surface area (Å²) in [5, 5.41) is 2.72. The van der Waals surface area contributed by atoms with Crippen molar-refractivity contribution in [2.45, 2.75) is 13.5 Å². The maximum atomic E-state index is 11.9. The number of amides is 1. The fraction of sp³-hybridized carbons (Fsp3) is 0.0952. The quantitative estimate of drug-likeness (QED) is 0.686. The van der Waals surface area contributed by atoms with Gasteiger partial charge >= 0.3 is 0 Å². The van der Waals surface area contributed by atoms with E-state index >= 15 is 0 Å². The number of hydrogen-bond donors (Lipinski definition) is 1. The highest BCUT2D eigenvalue weighted by Crippen LogP contribution is 2.15. The number of nitrogens with one attached hydrogen (secondary N) is 1. The number of pyridine rings is 2. The molecule has 0 saturated heterocycles. The monoisotopic (exact) mass is 345 g/mol. The molecule has 5 heteroatoms. The van der Waals surface area contributed by atoms with Crippen LogP contribution in [0.2, 0.25) is 0 Å². The second-order valence-corrected chi connectivity index (χ2v) is 5.76. The Labute approximate surface area is 152 Å². The van der Waals surface area contributed by atoms with E-state index < -0.39 is 0 Å². The van der Waals surface area contributed by atoms with Crippen LogP contribution in [0.5, 0.6) is 5.75 Å². The molecule has 0 aliphatic carbocycles. The van der Waals surface area contributed by atoms with Crippen LogP contribution < -0.4 is 10.1 Å². The van der Waals surface area contributed by atoms with Crippen molar-refractivity contribution >= 4 is 17.8 Å². The Morgan fingerprint density at radius 3 is 2.65 bits per heavy atom. The van der Waals surface area contributed by atoms with Gasteiger partial charge in [0.05, 0.1) is 0 Å². The molecule has 26 heavy (non-hydrogen) atoms. The van der Waals surface area contributed by atoms with E-state index in [9.17, 15) is 4.79 Å². The molecule has 2 aromatic heterocycles. The highest BCUT2D eigenvalue weighted by molar-refractivity contribution is 6.01. The minimum atomic E-state index is -0.224. The van der Waals surface area contributed by atoms with Crippen molar-refractivity contribution in [1.82, 2.24) is 9.97 Å². The highest BCUT2D eigenvalue weighted by atomic mass is 16.5. The third kappa shape index (κ3) is 5.27. The van der Waals surface area contributed by atoms with Gasteiger partial charge in [0.1, 0.15) is 18.2 Å². The summed E-state index contributed by atoms with van der Waals surface area (Å²) >= 11 is 0. The summed E-state index contributed by atoms with van der Waals surface area (Å²) < 4.78 is 5.71. The van der Waals surface area contributed by atoms with Gasteiger partial charge in [0.25, 0.3) is 0 Å². The zero-order valence-electron chi connectivity index (χ0n) is 14.4. The molecule has 0 saturated carbocycles. The van der Waals surface area contributed by atoms with Crippen LogP contribution in [-0.2, 0) is 11.4 Å². The minimum absolute atomic E-state index is 0.224. The van der Waals surface area contributed by atoms with Crippen molar-refractivity contribution < 1.29 is 9.53 Å². The number of nitrogens with zero attached hydrogens (tertiary/aromatic N) is 2. The van der Waals surface area contributed by atoms with Crippen molar-refractivity contribution in [3.8, 4) is 5.75 Å². The minimum Gasteiger partial charge on any atom is -0.489 e. The molecule has 1 N–H and O–H groups in total. The molecule has 0 aliphatic rings. The van der Waals surface area contributed by atoms with Gasteiger partial charge in [-0.1, -0.05) is 24.3 Å². The van der Waals surface area contributed by atoms with Crippen molar-refractivity contribution in [3.05, 3.63) is 89.9 Å². The SMILES string of the molecule is Cc1ccc(NC(=O)/C=C/c2ccc(OCc3cccnc3)cc2)nc1. The van der Waals surface area contributed by atoms with E-state index in [2.05, 4.69) is 15.3 Å². The summed E-state index contributed by atoms with van der Waals surface area (Å²) in [5.41, 5.74) is 2.97. The lowest BCUT2D eigenvalue weighted by atomic mass is 10.2. The van der Waals surface area contributed by atoms with E-state index in [1.165, 1.54) is 6.08 Å². The highest BCUT2D eigenvalue weighted by Gasteiger charge is 1.99. The number of ether oxygens (including phenoxy) is 1. The average Bonchev–Trinajstić information content (AvgIpc) is 2.68. The number of anilines is 1. The first kappa shape index (κ1) is 17.4. The normalized spacial score (nSPS) is 10.7. The molecule has 0 atom stereocenters. The third-order valence-corrected chi connectivity index (χ3v) is 3.60. The molecule has 3 aromatic rings. The van der Waals surface area contributed by atoms with Gasteiger partial charge in [-0.3, -0.25) is 9.78 Å². The molecule has 3 rings (SSSR count). The zero-order chi connectivity index (χ0) is 18.2. The molecule has 1 amide bonds. The van der Waals surface area contributed by atoms with E-state index in [1.807, 2.05) is 49.4 Å². The second-order valence-electron chi connectivity index (χ2n) is 5.76. The average molecular weight is 345 g/mol. The van der Waals surface area contributed by atoms with Crippen molar-refractivity contribution in [3.63, 3.8) is 0 Å². The van der Waals surface area contributed by atoms with Crippen LogP contribution >= 0.6 is 0 Å². The van der Waals surface area contributed by atoms with E-state index in [4.69, 9.17) is 4.74 Å². The number of rotatable bonds is 6. The first-order valence-electron chi connectivity index (χ1n) is 8.22. The van der Waals surface area contributed by atoms with Crippen molar-refractivity contribution in [2.24, 2.45) is 0 Å². The Morgan fingerprint density at radius 2 is 1.96 bits per heavy atom. The van der Waals surface area contributed by atoms with Crippen LogP contribution in [0.1, 0.15) is 16.7 Å². The Hall–Kier alpha value is -3.47. The van der Waals surface area contributed by atoms with Crippen LogP contribution in [0.3, 0.4) is 0 Å². The molecule has 0 aliphatic heterocycles. The van der Waals surface area contributed by atoms with Crippen LogP contribution in [0.4, 0.5) is 5.82 Å². The Bertz CT molecular complexity index is 873. The molecule has 0 spiro atoms. The smallest absolute Gasteiger partial charge is 0.249 e. The maximum absolute atomic E-state index is 11.9. The molecular formula is C21H19N3O2. The van der Waals surface area contributed by atoms with Crippen molar-refractivity contribution in [2.75, 3.05) is 5.32 Å². The Balaban J connectivity index is 1.52. The summed E-state index contributed by atoms with van der Waals surface area (Å²) in [5.74, 6) is 1.07. The molecule has 130 valence electrons. The summed E-state index contributed by atoms with van der Waals surface area (Å²) in [4.78, 5) is 20.1. The van der Waals surface area contributed by atoms with Crippen molar-refractivity contribution in [1.29, 1.82) is 0 Å². The summed E-state index contributed by atoms with van der Waals surface area (Å²) in [6.07, 6.45) is 8.44. The molecule has 0 radical (unpaired) electrons. The van der Waals surface area contributed by atoms with Gasteiger partial charge < -0.3 is 10.1 Å². The topological polar surface area (TPSA) is 64.1 Å². The lowest BCUT2D eigenvalue weighted by molar-refractivity contribution is -0.111. The molecule has 0 fully saturated rings. The number of carbonyl (C=O) groups is 1. The number of aryl methyl sites for hydroxylation is 1. The number of benzene rings is 1. The predicted octanol–water partition coefficient (Wildman–Crippen LogP) is 4.02. The first-order chi connectivity index (χ1) is 12.7. The van der Waals surface area contributed by atoms with E-state index in [0.29, 0.717) is 12.4 Å². The lowest BCUT2D eigenvalue weighted by Crippen LogP contribution is -2.08. The van der Waals surface area contributed by atoms with Gasteiger partial charge in [0.15, 0.2) is 0 Å². The van der Waals surface area contributed by atoms with E-state index in [0.717, 1.165) is 22.4 Å². The second kappa shape index (κ2) is 8.58. The number of hydrogen-bond acceptors (Lipinski definition) is 4. The molecule has 0 bridgehead atoms. The van der Waals surface area contributed by atoms with Crippen LogP contribution in [0.25, 0.3) is 6.08 Å². The number of carbonyl (C=O) groups excluding carboxylic acids is 1. The third-order valence-electron chi connectivity index (χ3n) is 3.60. The zero-order valence-corrected chi connectivity index (χ0v) is 14.4. The lowest BCUT2D eigenvalue weighted by Gasteiger charge is -2.06. The summed E-state index contributed by atoms with van der Waals surface area (Å²) in [6, 6.07) is 15.0. The van der Waals surface area contributed by atoms with Crippen LogP contribution in [0, 0.1) is 6.92 Å². The summed E-state index contributed by atoms with van der Waals surface area (Å²) in [7, 11) is 0. The summed E-state index contributed by atoms with van der Waals surface area (Å²) in [6.45, 7) is 2.41. The molecular weight excluding hydrogens is 326 g/mol. The molecule has 2 heterocycles. The van der Waals surface area contributed by atoms with Gasteiger partial charge in [-0.05, 0) is 48.4 Å². The van der Waals surface area contributed by atoms with Crippen LogP contribution in [0.15, 0.2) is 73.2 Å². The van der Waals surface area contributed by atoms with Crippen LogP contribution in [-0.4, -0.2) is 15.9 Å². The molecule has 0 unspecified atom stereocenters. The standard InChI is InChI=1S/C21H19N3O2/c1-16-4-10-20(23-13-16)24-21(25)11-7-17-5-8-19(9-6-17)26-15-18-3-2-12-22-14-18/h2-14H,15H2,1H3,(H,23,24,25)/b11-7+. The van der Waals surface area contributed by atoms with E-state index in [1.54, 1.807) is 30.7 Å². The van der Waals surface area contributed by atoms with Gasteiger partial charge in [0.2, 0.25) is 5.91 Å². The fourth-order valence-corrected chi connectivity index (χ4v) is 2.21. The first-order valence-corrected chi connectivity index (χ1v) is 8.22. The largest absolute Gasteiger partial charge is 0.489 e. The Kier molecular flexibility index (Phi) is 5.72. The van der Waals surface area contributed by atoms with E-state index in [-0.39, 0.29) is 5.91 Å². The van der Waals surface area contributed by atoms with Gasteiger partial charge in [-0.25, -0.2) is 4.98 Å². The maximum Gasteiger partial charge on any atom is 0.249 e. The molecule has 1 aromatic carbocycles.